The van der Waals surface area contributed by atoms with Crippen molar-refractivity contribution in [3.63, 3.8) is 0 Å². The topological polar surface area (TPSA) is 120 Å². The summed E-state index contributed by atoms with van der Waals surface area (Å²) in [4.78, 5) is 27.4. The number of amides is 1. The molecule has 1 amide bonds. The molecule has 0 saturated carbocycles. The first-order valence-corrected chi connectivity index (χ1v) is 10.3. The average Bonchev–Trinajstić information content (AvgIpc) is 3.10. The lowest BCUT2D eigenvalue weighted by Gasteiger charge is -2.15. The van der Waals surface area contributed by atoms with E-state index in [2.05, 4.69) is 10.3 Å². The summed E-state index contributed by atoms with van der Waals surface area (Å²) >= 11 is 0. The molecule has 1 heterocycles. The Hall–Kier alpha value is -3.17. The van der Waals surface area contributed by atoms with Crippen LogP contribution in [0.15, 0.2) is 59.6 Å². The van der Waals surface area contributed by atoms with Crippen molar-refractivity contribution in [2.45, 2.75) is 17.4 Å². The molecule has 3 N–H and O–H groups in total. The third-order valence-corrected chi connectivity index (χ3v) is 6.39. The number of nitrogens with zero attached hydrogens (tertiary/aromatic N) is 1. The molecule has 1 atom stereocenters. The van der Waals surface area contributed by atoms with E-state index in [0.29, 0.717) is 0 Å². The number of fused-ring (bicyclic) bond motifs is 1. The lowest BCUT2D eigenvalue weighted by Crippen LogP contribution is -2.42. The van der Waals surface area contributed by atoms with E-state index in [9.17, 15) is 23.1 Å². The van der Waals surface area contributed by atoms with Crippen LogP contribution in [0.25, 0.3) is 10.9 Å². The molecule has 9 heteroatoms. The first-order chi connectivity index (χ1) is 13.7. The Morgan fingerprint density at radius 2 is 1.86 bits per heavy atom. The molecule has 0 aliphatic rings. The van der Waals surface area contributed by atoms with Gasteiger partial charge in [0.2, 0.25) is 10.0 Å². The molecule has 3 rings (SSSR count). The number of aromatic amines is 1. The van der Waals surface area contributed by atoms with E-state index in [1.807, 2.05) is 24.3 Å². The monoisotopic (exact) mass is 415 g/mol. The van der Waals surface area contributed by atoms with Gasteiger partial charge in [0.05, 0.1) is 4.90 Å². The summed E-state index contributed by atoms with van der Waals surface area (Å²) in [5.74, 6) is -1.84. The van der Waals surface area contributed by atoms with Gasteiger partial charge >= 0.3 is 5.97 Å². The molecule has 1 aromatic heterocycles. The van der Waals surface area contributed by atoms with Gasteiger partial charge < -0.3 is 15.4 Å². The number of hydrogen-bond donors (Lipinski definition) is 3. The molecule has 2 aromatic carbocycles. The number of benzene rings is 2. The van der Waals surface area contributed by atoms with Crippen molar-refractivity contribution in [1.82, 2.24) is 14.6 Å². The number of nitrogens with one attached hydrogen (secondary N) is 2. The molecule has 0 aliphatic heterocycles. The third-order valence-electron chi connectivity index (χ3n) is 4.58. The van der Waals surface area contributed by atoms with E-state index in [-0.39, 0.29) is 16.9 Å². The third kappa shape index (κ3) is 4.30. The second-order valence-corrected chi connectivity index (χ2v) is 8.90. The Morgan fingerprint density at radius 1 is 1.14 bits per heavy atom. The van der Waals surface area contributed by atoms with Crippen LogP contribution in [0.4, 0.5) is 0 Å². The van der Waals surface area contributed by atoms with Crippen LogP contribution in [0.3, 0.4) is 0 Å². The van der Waals surface area contributed by atoms with Crippen molar-refractivity contribution < 1.29 is 23.1 Å². The summed E-state index contributed by atoms with van der Waals surface area (Å²) in [6, 6.07) is 11.8. The van der Waals surface area contributed by atoms with E-state index >= 15 is 0 Å². The van der Waals surface area contributed by atoms with Gasteiger partial charge in [0.1, 0.15) is 6.04 Å². The highest BCUT2D eigenvalue weighted by molar-refractivity contribution is 7.89. The maximum atomic E-state index is 12.6. The van der Waals surface area contributed by atoms with E-state index in [4.69, 9.17) is 0 Å². The highest BCUT2D eigenvalue weighted by atomic mass is 32.2. The molecule has 8 nitrogen and oxygen atoms in total. The minimum absolute atomic E-state index is 0.0429. The van der Waals surface area contributed by atoms with Crippen molar-refractivity contribution in [2.24, 2.45) is 0 Å². The van der Waals surface area contributed by atoms with E-state index in [1.165, 1.54) is 38.4 Å². The van der Waals surface area contributed by atoms with Crippen LogP contribution in [0.5, 0.6) is 0 Å². The summed E-state index contributed by atoms with van der Waals surface area (Å²) in [6.45, 7) is 0. The predicted molar refractivity (Wildman–Crippen MR) is 108 cm³/mol. The van der Waals surface area contributed by atoms with E-state index in [1.54, 1.807) is 6.20 Å². The number of aromatic nitrogens is 1. The van der Waals surface area contributed by atoms with Crippen LogP contribution in [0.1, 0.15) is 15.9 Å². The Labute approximate surface area is 168 Å². The smallest absolute Gasteiger partial charge is 0.326 e. The molecule has 3 aromatic rings. The van der Waals surface area contributed by atoms with Gasteiger partial charge in [-0.15, -0.1) is 0 Å². The maximum absolute atomic E-state index is 12.6. The molecular weight excluding hydrogens is 394 g/mol. The Kier molecular flexibility index (Phi) is 5.71. The fourth-order valence-corrected chi connectivity index (χ4v) is 3.92. The SMILES string of the molecule is CN(C)S(=O)(=O)c1cccc(C(=O)N[C@@H](Cc2c[nH]c3ccccc23)C(=O)O)c1. The second-order valence-electron chi connectivity index (χ2n) is 6.74. The highest BCUT2D eigenvalue weighted by Crippen LogP contribution is 2.20. The van der Waals surface area contributed by atoms with Gasteiger partial charge in [-0.1, -0.05) is 24.3 Å². The fraction of sp³-hybridized carbons (Fsp3) is 0.200. The van der Waals surface area contributed by atoms with Crippen LogP contribution in [-0.2, 0) is 21.2 Å². The van der Waals surface area contributed by atoms with Crippen molar-refractivity contribution in [1.29, 1.82) is 0 Å². The highest BCUT2D eigenvalue weighted by Gasteiger charge is 2.24. The molecular formula is C20H21N3O5S. The van der Waals surface area contributed by atoms with E-state index in [0.717, 1.165) is 20.8 Å². The van der Waals surface area contributed by atoms with Gasteiger partial charge in [-0.05, 0) is 29.8 Å². The number of hydrogen-bond acceptors (Lipinski definition) is 4. The van der Waals surface area contributed by atoms with Gasteiger partial charge in [-0.25, -0.2) is 17.5 Å². The Balaban J connectivity index is 1.83. The molecule has 29 heavy (non-hydrogen) atoms. The minimum Gasteiger partial charge on any atom is -0.480 e. The van der Waals surface area contributed by atoms with E-state index < -0.39 is 27.9 Å². The van der Waals surface area contributed by atoms with Crippen molar-refractivity contribution in [3.8, 4) is 0 Å². The lowest BCUT2D eigenvalue weighted by atomic mass is 10.0. The fourth-order valence-electron chi connectivity index (χ4n) is 2.97. The minimum atomic E-state index is -3.71. The molecule has 0 saturated heterocycles. The first-order valence-electron chi connectivity index (χ1n) is 8.81. The molecule has 152 valence electrons. The molecule has 0 radical (unpaired) electrons. The van der Waals surface area contributed by atoms with Gasteiger partial charge in [0.25, 0.3) is 5.91 Å². The number of carboxylic acids is 1. The number of carbonyl (C=O) groups is 2. The zero-order valence-electron chi connectivity index (χ0n) is 15.9. The molecule has 0 fully saturated rings. The number of aliphatic carboxylic acids is 1. The summed E-state index contributed by atoms with van der Waals surface area (Å²) < 4.78 is 25.6. The number of sulfonamides is 1. The summed E-state index contributed by atoms with van der Waals surface area (Å²) in [5.41, 5.74) is 1.70. The maximum Gasteiger partial charge on any atom is 0.326 e. The number of H-pyrrole nitrogens is 1. The molecule has 0 spiro atoms. The average molecular weight is 415 g/mol. The first kappa shape index (κ1) is 20.6. The normalized spacial score (nSPS) is 12.8. The molecule has 0 bridgehead atoms. The quantitative estimate of drug-likeness (QED) is 0.544. The Bertz CT molecular complexity index is 1170. The molecule has 0 unspecified atom stereocenters. The van der Waals surface area contributed by atoms with Gasteiger partial charge in [-0.2, -0.15) is 0 Å². The van der Waals surface area contributed by atoms with Crippen LogP contribution in [0, 0.1) is 0 Å². The number of carbonyl (C=O) groups excluding carboxylic acids is 1. The van der Waals surface area contributed by atoms with Crippen LogP contribution in [0.2, 0.25) is 0 Å². The van der Waals surface area contributed by atoms with Gasteiger partial charge in [0.15, 0.2) is 0 Å². The van der Waals surface area contributed by atoms with Crippen LogP contribution in [-0.4, -0.2) is 54.8 Å². The van der Waals surface area contributed by atoms with Crippen molar-refractivity contribution >= 4 is 32.8 Å². The van der Waals surface area contributed by atoms with Crippen molar-refractivity contribution in [3.05, 3.63) is 65.9 Å². The standard InChI is InChI=1S/C20H21N3O5S/c1-23(2)29(27,28)15-7-5-6-13(10-15)19(24)22-18(20(25)26)11-14-12-21-17-9-4-3-8-16(14)17/h3-10,12,18,21H,11H2,1-2H3,(H,22,24)(H,25,26)/t18-/m0/s1. The second kappa shape index (κ2) is 8.06. The number of rotatable bonds is 7. The van der Waals surface area contributed by atoms with Crippen LogP contribution >= 0.6 is 0 Å². The predicted octanol–water partition coefficient (Wildman–Crippen LogP) is 1.84. The zero-order valence-corrected chi connectivity index (χ0v) is 16.7. The van der Waals surface area contributed by atoms with Gasteiger partial charge in [0, 0.05) is 43.2 Å². The summed E-state index contributed by atoms with van der Waals surface area (Å²) in [7, 11) is -0.925. The zero-order chi connectivity index (χ0) is 21.2. The lowest BCUT2D eigenvalue weighted by molar-refractivity contribution is -0.139. The number of para-hydroxylation sites is 1. The van der Waals surface area contributed by atoms with Crippen LogP contribution < -0.4 is 5.32 Å². The van der Waals surface area contributed by atoms with Gasteiger partial charge in [-0.3, -0.25) is 4.79 Å². The summed E-state index contributed by atoms with van der Waals surface area (Å²) in [6.07, 6.45) is 1.80. The summed E-state index contributed by atoms with van der Waals surface area (Å²) in [5, 5.41) is 12.9. The molecule has 0 aliphatic carbocycles. The largest absolute Gasteiger partial charge is 0.480 e. The Morgan fingerprint density at radius 3 is 2.55 bits per heavy atom. The number of carboxylic acid groups (broad SMARTS) is 1. The van der Waals surface area contributed by atoms with Crippen molar-refractivity contribution in [2.75, 3.05) is 14.1 Å².